The van der Waals surface area contributed by atoms with Gasteiger partial charge in [-0.3, -0.25) is 4.90 Å². The van der Waals surface area contributed by atoms with Gasteiger partial charge >= 0.3 is 6.09 Å². The highest BCUT2D eigenvalue weighted by molar-refractivity contribution is 5.98. The molecule has 0 aliphatic carbocycles. The number of carboxylic acid groups (broad SMARTS) is 1. The smallest absolute Gasteiger partial charge is 0.408 e. The lowest BCUT2D eigenvalue weighted by atomic mass is 9.76. The Labute approximate surface area is 90.8 Å². The van der Waals surface area contributed by atoms with Gasteiger partial charge in [-0.1, -0.05) is 20.8 Å². The Balaban J connectivity index is 3.05. The second kappa shape index (κ2) is 3.22. The van der Waals surface area contributed by atoms with Crippen molar-refractivity contribution in [3.05, 3.63) is 0 Å². The molecule has 1 aliphatic rings. The molecule has 0 radical (unpaired) electrons. The van der Waals surface area contributed by atoms with Crippen LogP contribution in [0.25, 0.3) is 0 Å². The quantitative estimate of drug-likeness (QED) is 0.647. The molecule has 1 fully saturated rings. The SMILES string of the molecule is CC(C)(C)C1CN(C(=O)O)C(C)(C)C1=N. The normalized spacial score (nSPS) is 25.8. The second-order valence-electron chi connectivity index (χ2n) is 5.78. The summed E-state index contributed by atoms with van der Waals surface area (Å²) in [6.45, 7) is 10.2. The Bertz CT molecular complexity index is 302. The van der Waals surface area contributed by atoms with E-state index >= 15 is 0 Å². The van der Waals surface area contributed by atoms with Gasteiger partial charge in [0.15, 0.2) is 0 Å². The molecule has 1 saturated heterocycles. The molecule has 1 aliphatic heterocycles. The van der Waals surface area contributed by atoms with Crippen molar-refractivity contribution in [2.24, 2.45) is 11.3 Å². The maximum atomic E-state index is 11.1. The zero-order chi connectivity index (χ0) is 12.0. The second-order valence-corrected chi connectivity index (χ2v) is 5.78. The van der Waals surface area contributed by atoms with Crippen molar-refractivity contribution in [1.82, 2.24) is 4.90 Å². The van der Waals surface area contributed by atoms with Gasteiger partial charge in [0.2, 0.25) is 0 Å². The molecule has 1 rings (SSSR count). The number of carbonyl (C=O) groups is 1. The van der Waals surface area contributed by atoms with E-state index in [1.54, 1.807) is 13.8 Å². The fraction of sp³-hybridized carbons (Fsp3) is 0.818. The Kier molecular flexibility index (Phi) is 2.58. The van der Waals surface area contributed by atoms with Crippen molar-refractivity contribution in [3.63, 3.8) is 0 Å². The van der Waals surface area contributed by atoms with Gasteiger partial charge in [-0.05, 0) is 19.3 Å². The minimum Gasteiger partial charge on any atom is -0.465 e. The molecule has 15 heavy (non-hydrogen) atoms. The molecule has 0 aromatic carbocycles. The molecule has 1 amide bonds. The highest BCUT2D eigenvalue weighted by Crippen LogP contribution is 2.39. The fourth-order valence-electron chi connectivity index (χ4n) is 2.10. The lowest BCUT2D eigenvalue weighted by Crippen LogP contribution is -2.45. The third-order valence-electron chi connectivity index (χ3n) is 3.32. The summed E-state index contributed by atoms with van der Waals surface area (Å²) in [6.07, 6.45) is -0.934. The van der Waals surface area contributed by atoms with Crippen LogP contribution in [0.3, 0.4) is 0 Å². The third kappa shape index (κ3) is 1.85. The van der Waals surface area contributed by atoms with Crippen LogP contribution in [-0.2, 0) is 0 Å². The van der Waals surface area contributed by atoms with E-state index < -0.39 is 11.6 Å². The van der Waals surface area contributed by atoms with Crippen LogP contribution in [0.5, 0.6) is 0 Å². The monoisotopic (exact) mass is 212 g/mol. The molecule has 4 nitrogen and oxygen atoms in total. The summed E-state index contributed by atoms with van der Waals surface area (Å²) in [5, 5.41) is 17.2. The van der Waals surface area contributed by atoms with E-state index in [1.165, 1.54) is 4.90 Å². The Morgan fingerprint density at radius 2 is 2.00 bits per heavy atom. The van der Waals surface area contributed by atoms with Gasteiger partial charge in [0.25, 0.3) is 0 Å². The first-order valence-electron chi connectivity index (χ1n) is 5.18. The van der Waals surface area contributed by atoms with Crippen LogP contribution in [0.1, 0.15) is 34.6 Å². The first kappa shape index (κ1) is 12.0. The third-order valence-corrected chi connectivity index (χ3v) is 3.32. The van der Waals surface area contributed by atoms with Crippen LogP contribution in [0.2, 0.25) is 0 Å². The van der Waals surface area contributed by atoms with Crippen molar-refractivity contribution in [2.45, 2.75) is 40.2 Å². The van der Waals surface area contributed by atoms with Crippen LogP contribution in [0.4, 0.5) is 4.79 Å². The number of nitrogens with zero attached hydrogens (tertiary/aromatic N) is 1. The van der Waals surface area contributed by atoms with Crippen molar-refractivity contribution in [2.75, 3.05) is 6.54 Å². The number of hydrogen-bond donors (Lipinski definition) is 2. The molecule has 1 heterocycles. The zero-order valence-electron chi connectivity index (χ0n) is 10.1. The Morgan fingerprint density at radius 3 is 2.20 bits per heavy atom. The standard InChI is InChI=1S/C11H20N2O2/c1-10(2,3)7-6-13(9(14)15)11(4,5)8(7)12/h7,12H,6H2,1-5H3,(H,14,15). The minimum absolute atomic E-state index is 0.0172. The fourth-order valence-corrected chi connectivity index (χ4v) is 2.10. The van der Waals surface area contributed by atoms with E-state index in [9.17, 15) is 4.79 Å². The van der Waals surface area contributed by atoms with Crippen molar-refractivity contribution in [1.29, 1.82) is 5.41 Å². The van der Waals surface area contributed by atoms with Gasteiger partial charge in [-0.2, -0.15) is 0 Å². The summed E-state index contributed by atoms with van der Waals surface area (Å²) in [4.78, 5) is 12.4. The molecule has 4 heteroatoms. The lowest BCUT2D eigenvalue weighted by molar-refractivity contribution is 0.121. The molecule has 86 valence electrons. The molecular formula is C11H20N2O2. The molecule has 0 aromatic rings. The number of likely N-dealkylation sites (tertiary alicyclic amines) is 1. The summed E-state index contributed by atoms with van der Waals surface area (Å²) in [6, 6.07) is 0. The van der Waals surface area contributed by atoms with Gasteiger partial charge in [-0.25, -0.2) is 4.79 Å². The molecule has 2 N–H and O–H groups in total. The summed E-state index contributed by atoms with van der Waals surface area (Å²) in [7, 11) is 0. The van der Waals surface area contributed by atoms with E-state index in [4.69, 9.17) is 10.5 Å². The summed E-state index contributed by atoms with van der Waals surface area (Å²) in [5.41, 5.74) is -0.195. The molecule has 0 saturated carbocycles. The number of amides is 1. The summed E-state index contributed by atoms with van der Waals surface area (Å²) < 4.78 is 0. The Hall–Kier alpha value is -1.06. The van der Waals surface area contributed by atoms with E-state index in [0.29, 0.717) is 12.3 Å². The number of nitrogens with one attached hydrogen (secondary N) is 1. The van der Waals surface area contributed by atoms with E-state index in [2.05, 4.69) is 0 Å². The van der Waals surface area contributed by atoms with Crippen molar-refractivity contribution < 1.29 is 9.90 Å². The van der Waals surface area contributed by atoms with Crippen LogP contribution >= 0.6 is 0 Å². The average Bonchev–Trinajstić information content (AvgIpc) is 2.22. The van der Waals surface area contributed by atoms with Gasteiger partial charge < -0.3 is 10.5 Å². The maximum absolute atomic E-state index is 11.1. The van der Waals surface area contributed by atoms with E-state index in [0.717, 1.165) is 0 Å². The van der Waals surface area contributed by atoms with Crippen molar-refractivity contribution >= 4 is 11.8 Å². The number of rotatable bonds is 0. The van der Waals surface area contributed by atoms with Gasteiger partial charge in [-0.15, -0.1) is 0 Å². The van der Waals surface area contributed by atoms with Gasteiger partial charge in [0, 0.05) is 18.2 Å². The van der Waals surface area contributed by atoms with Crippen LogP contribution in [0, 0.1) is 16.7 Å². The highest BCUT2D eigenvalue weighted by atomic mass is 16.4. The molecule has 1 unspecified atom stereocenters. The number of hydrogen-bond acceptors (Lipinski definition) is 2. The van der Waals surface area contributed by atoms with Crippen molar-refractivity contribution in [3.8, 4) is 0 Å². The minimum atomic E-state index is -0.934. The van der Waals surface area contributed by atoms with Crippen LogP contribution in [0.15, 0.2) is 0 Å². The average molecular weight is 212 g/mol. The van der Waals surface area contributed by atoms with E-state index in [1.807, 2.05) is 20.8 Å². The lowest BCUT2D eigenvalue weighted by Gasteiger charge is -2.29. The van der Waals surface area contributed by atoms with Gasteiger partial charge in [0.05, 0.1) is 5.54 Å². The first-order chi connectivity index (χ1) is 6.58. The van der Waals surface area contributed by atoms with Crippen LogP contribution in [-0.4, -0.2) is 33.9 Å². The van der Waals surface area contributed by atoms with E-state index in [-0.39, 0.29) is 11.3 Å². The topological polar surface area (TPSA) is 64.4 Å². The van der Waals surface area contributed by atoms with Gasteiger partial charge in [0.1, 0.15) is 0 Å². The molecule has 0 bridgehead atoms. The molecule has 0 spiro atoms. The summed E-state index contributed by atoms with van der Waals surface area (Å²) >= 11 is 0. The predicted molar refractivity (Wildman–Crippen MR) is 59.5 cm³/mol. The Morgan fingerprint density at radius 1 is 1.53 bits per heavy atom. The molecular weight excluding hydrogens is 192 g/mol. The molecule has 0 aromatic heterocycles. The maximum Gasteiger partial charge on any atom is 0.408 e. The summed E-state index contributed by atoms with van der Waals surface area (Å²) in [5.74, 6) is 0.0172. The largest absolute Gasteiger partial charge is 0.465 e. The molecule has 1 atom stereocenters. The van der Waals surface area contributed by atoms with Crippen LogP contribution < -0.4 is 0 Å². The predicted octanol–water partition coefficient (Wildman–Crippen LogP) is 2.44. The first-order valence-corrected chi connectivity index (χ1v) is 5.18. The zero-order valence-corrected chi connectivity index (χ0v) is 10.1. The highest BCUT2D eigenvalue weighted by Gasteiger charge is 2.49.